The van der Waals surface area contributed by atoms with E-state index in [4.69, 9.17) is 10.2 Å². The van der Waals surface area contributed by atoms with Gasteiger partial charge < -0.3 is 15.1 Å². The highest BCUT2D eigenvalue weighted by molar-refractivity contribution is 9.11. The van der Waals surface area contributed by atoms with Crippen LogP contribution >= 0.6 is 27.3 Å². The Bertz CT molecular complexity index is 550. The molecular weight excluding hydrogens is 316 g/mol. The molecule has 0 aliphatic carbocycles. The molecule has 2 heterocycles. The first-order valence-corrected chi connectivity index (χ1v) is 7.04. The molecule has 2 rings (SSSR count). The molecule has 2 aromatic rings. The van der Waals surface area contributed by atoms with Crippen molar-refractivity contribution in [3.63, 3.8) is 0 Å². The molecule has 0 atom stereocenters. The van der Waals surface area contributed by atoms with Crippen LogP contribution in [0.2, 0.25) is 0 Å². The maximum absolute atomic E-state index is 12.1. The Hall–Kier alpha value is -1.11. The molecule has 2 aromatic heterocycles. The number of amides is 1. The molecule has 0 aliphatic rings. The zero-order valence-electron chi connectivity index (χ0n) is 9.85. The molecule has 0 fully saturated rings. The SMILES string of the molecule is CN(Cc1csc(Br)c1)C(=O)c1ccc(CN)o1. The van der Waals surface area contributed by atoms with E-state index in [0.717, 1.165) is 9.35 Å². The molecule has 6 heteroatoms. The monoisotopic (exact) mass is 328 g/mol. The van der Waals surface area contributed by atoms with Gasteiger partial charge in [0.05, 0.1) is 10.3 Å². The van der Waals surface area contributed by atoms with E-state index < -0.39 is 0 Å². The summed E-state index contributed by atoms with van der Waals surface area (Å²) in [6.45, 7) is 0.855. The van der Waals surface area contributed by atoms with Gasteiger partial charge in [-0.25, -0.2) is 0 Å². The predicted octanol–water partition coefficient (Wildman–Crippen LogP) is 2.83. The molecule has 0 saturated carbocycles. The Labute approximate surface area is 118 Å². The van der Waals surface area contributed by atoms with Crippen molar-refractivity contribution in [2.24, 2.45) is 5.73 Å². The minimum absolute atomic E-state index is 0.142. The maximum atomic E-state index is 12.1. The average Bonchev–Trinajstić information content (AvgIpc) is 2.97. The van der Waals surface area contributed by atoms with E-state index in [0.29, 0.717) is 24.6 Å². The minimum Gasteiger partial charge on any atom is -0.455 e. The summed E-state index contributed by atoms with van der Waals surface area (Å²) in [4.78, 5) is 13.7. The van der Waals surface area contributed by atoms with Gasteiger partial charge in [-0.2, -0.15) is 0 Å². The van der Waals surface area contributed by atoms with Crippen molar-refractivity contribution in [2.45, 2.75) is 13.1 Å². The van der Waals surface area contributed by atoms with Gasteiger partial charge in [0.1, 0.15) is 5.76 Å². The number of thiophene rings is 1. The third kappa shape index (κ3) is 3.01. The molecule has 0 aliphatic heterocycles. The fourth-order valence-corrected chi connectivity index (χ4v) is 2.77. The lowest BCUT2D eigenvalue weighted by molar-refractivity contribution is 0.0751. The third-order valence-corrected chi connectivity index (χ3v) is 4.02. The van der Waals surface area contributed by atoms with Crippen LogP contribution in [-0.2, 0) is 13.1 Å². The maximum Gasteiger partial charge on any atom is 0.289 e. The molecule has 4 nitrogen and oxygen atoms in total. The van der Waals surface area contributed by atoms with Crippen molar-refractivity contribution in [3.05, 3.63) is 44.4 Å². The zero-order valence-corrected chi connectivity index (χ0v) is 12.3. The van der Waals surface area contributed by atoms with Crippen molar-refractivity contribution < 1.29 is 9.21 Å². The van der Waals surface area contributed by atoms with Crippen LogP contribution in [0, 0.1) is 0 Å². The molecule has 96 valence electrons. The molecule has 0 spiro atoms. The van der Waals surface area contributed by atoms with E-state index >= 15 is 0 Å². The second-order valence-electron chi connectivity index (χ2n) is 3.89. The van der Waals surface area contributed by atoms with Crippen molar-refractivity contribution in [1.29, 1.82) is 0 Å². The van der Waals surface area contributed by atoms with E-state index in [-0.39, 0.29) is 5.91 Å². The highest BCUT2D eigenvalue weighted by Crippen LogP contribution is 2.22. The van der Waals surface area contributed by atoms with E-state index in [9.17, 15) is 4.79 Å². The Morgan fingerprint density at radius 2 is 2.33 bits per heavy atom. The molecule has 0 saturated heterocycles. The van der Waals surface area contributed by atoms with E-state index in [1.807, 2.05) is 11.4 Å². The summed E-state index contributed by atoms with van der Waals surface area (Å²) in [6.07, 6.45) is 0. The zero-order chi connectivity index (χ0) is 13.1. The number of nitrogens with zero attached hydrogens (tertiary/aromatic N) is 1. The van der Waals surface area contributed by atoms with Gasteiger partial charge in [0, 0.05) is 13.6 Å². The summed E-state index contributed by atoms with van der Waals surface area (Å²) < 4.78 is 6.39. The predicted molar refractivity (Wildman–Crippen MR) is 74.4 cm³/mol. The lowest BCUT2D eigenvalue weighted by atomic mass is 10.3. The number of carbonyl (C=O) groups excluding carboxylic acids is 1. The summed E-state index contributed by atoms with van der Waals surface area (Å²) in [5.41, 5.74) is 6.53. The molecule has 1 amide bonds. The minimum atomic E-state index is -0.142. The highest BCUT2D eigenvalue weighted by atomic mass is 79.9. The lowest BCUT2D eigenvalue weighted by Crippen LogP contribution is -2.25. The average molecular weight is 329 g/mol. The van der Waals surface area contributed by atoms with Crippen molar-refractivity contribution in [1.82, 2.24) is 4.90 Å². The van der Waals surface area contributed by atoms with E-state index in [2.05, 4.69) is 15.9 Å². The number of hydrogen-bond acceptors (Lipinski definition) is 4. The Balaban J connectivity index is 2.04. The standard InChI is InChI=1S/C12H13BrN2O2S/c1-15(6-8-4-11(13)18-7-8)12(16)10-3-2-9(5-14)17-10/h2-4,7H,5-6,14H2,1H3. The van der Waals surface area contributed by atoms with Gasteiger partial charge in [0.2, 0.25) is 0 Å². The van der Waals surface area contributed by atoms with Crippen LogP contribution in [0.5, 0.6) is 0 Å². The van der Waals surface area contributed by atoms with Crippen molar-refractivity contribution >= 4 is 33.2 Å². The van der Waals surface area contributed by atoms with Crippen LogP contribution in [0.4, 0.5) is 0 Å². The van der Waals surface area contributed by atoms with Crippen LogP contribution in [0.1, 0.15) is 21.9 Å². The topological polar surface area (TPSA) is 59.5 Å². The smallest absolute Gasteiger partial charge is 0.289 e. The molecule has 0 aromatic carbocycles. The van der Waals surface area contributed by atoms with Gasteiger partial charge in [0.15, 0.2) is 5.76 Å². The molecule has 0 radical (unpaired) electrons. The summed E-state index contributed by atoms with van der Waals surface area (Å²) in [5.74, 6) is 0.800. The molecule has 0 bridgehead atoms. The number of hydrogen-bond donors (Lipinski definition) is 1. The quantitative estimate of drug-likeness (QED) is 0.938. The highest BCUT2D eigenvalue weighted by Gasteiger charge is 2.16. The number of halogens is 1. The fourth-order valence-electron chi connectivity index (χ4n) is 1.57. The van der Waals surface area contributed by atoms with Gasteiger partial charge in [-0.3, -0.25) is 4.79 Å². The Morgan fingerprint density at radius 1 is 1.56 bits per heavy atom. The van der Waals surface area contributed by atoms with Crippen LogP contribution in [-0.4, -0.2) is 17.9 Å². The van der Waals surface area contributed by atoms with E-state index in [1.165, 1.54) is 0 Å². The number of rotatable bonds is 4. The Morgan fingerprint density at radius 3 is 2.89 bits per heavy atom. The fraction of sp³-hybridized carbons (Fsp3) is 0.250. The first-order chi connectivity index (χ1) is 8.60. The summed E-state index contributed by atoms with van der Waals surface area (Å²) >= 11 is 5.00. The van der Waals surface area contributed by atoms with Gasteiger partial charge in [0.25, 0.3) is 5.91 Å². The van der Waals surface area contributed by atoms with Gasteiger partial charge in [-0.15, -0.1) is 11.3 Å². The van der Waals surface area contributed by atoms with Crippen LogP contribution in [0.3, 0.4) is 0 Å². The first-order valence-electron chi connectivity index (χ1n) is 5.37. The number of nitrogens with two attached hydrogens (primary N) is 1. The van der Waals surface area contributed by atoms with Gasteiger partial charge in [-0.1, -0.05) is 0 Å². The van der Waals surface area contributed by atoms with Crippen molar-refractivity contribution in [2.75, 3.05) is 7.05 Å². The Kier molecular flexibility index (Phi) is 4.21. The second-order valence-corrected chi connectivity index (χ2v) is 6.18. The van der Waals surface area contributed by atoms with E-state index in [1.54, 1.807) is 35.4 Å². The molecule has 2 N–H and O–H groups in total. The molecule has 18 heavy (non-hydrogen) atoms. The lowest BCUT2D eigenvalue weighted by Gasteiger charge is -2.14. The summed E-state index contributed by atoms with van der Waals surface area (Å²) in [7, 11) is 1.75. The first kappa shape index (κ1) is 13.3. The summed E-state index contributed by atoms with van der Waals surface area (Å²) in [6, 6.07) is 5.38. The van der Waals surface area contributed by atoms with Crippen molar-refractivity contribution in [3.8, 4) is 0 Å². The number of carbonyl (C=O) groups is 1. The van der Waals surface area contributed by atoms with Crippen LogP contribution in [0.15, 0.2) is 31.8 Å². The largest absolute Gasteiger partial charge is 0.455 e. The van der Waals surface area contributed by atoms with Gasteiger partial charge >= 0.3 is 0 Å². The molecular formula is C12H13BrN2O2S. The van der Waals surface area contributed by atoms with Gasteiger partial charge in [-0.05, 0) is 45.1 Å². The molecule has 0 unspecified atom stereocenters. The second kappa shape index (κ2) is 5.69. The number of furan rings is 1. The third-order valence-electron chi connectivity index (χ3n) is 2.46. The van der Waals surface area contributed by atoms with Crippen LogP contribution in [0.25, 0.3) is 0 Å². The normalized spacial score (nSPS) is 10.6. The summed E-state index contributed by atoms with van der Waals surface area (Å²) in [5, 5.41) is 2.02. The van der Waals surface area contributed by atoms with Crippen LogP contribution < -0.4 is 5.73 Å².